The summed E-state index contributed by atoms with van der Waals surface area (Å²) < 4.78 is 31.8. The fraction of sp³-hybridized carbons (Fsp3) is 0.556. The third kappa shape index (κ3) is 4.98. The second-order valence-electron chi connectivity index (χ2n) is 7.49. The summed E-state index contributed by atoms with van der Waals surface area (Å²) in [4.78, 5) is 25.2. The van der Waals surface area contributed by atoms with Crippen LogP contribution in [0.4, 0.5) is 13.6 Å². The van der Waals surface area contributed by atoms with Gasteiger partial charge in [0.1, 0.15) is 17.2 Å². The van der Waals surface area contributed by atoms with Crippen LogP contribution in [0.25, 0.3) is 0 Å². The third-order valence-corrected chi connectivity index (χ3v) is 4.07. The van der Waals surface area contributed by atoms with Gasteiger partial charge in [-0.3, -0.25) is 4.79 Å². The number of halogens is 2. The Morgan fingerprint density at radius 3 is 2.46 bits per heavy atom. The Morgan fingerprint density at radius 2 is 1.92 bits per heavy atom. The Morgan fingerprint density at radius 1 is 1.35 bits per heavy atom. The second kappa shape index (κ2) is 7.67. The van der Waals surface area contributed by atoms with E-state index < -0.39 is 47.4 Å². The molecular formula is C18H24F2N2O4. The number of ether oxygens (including phenoxy) is 1. The Labute approximate surface area is 150 Å². The van der Waals surface area contributed by atoms with Crippen LogP contribution in [0.3, 0.4) is 0 Å². The van der Waals surface area contributed by atoms with Crippen molar-refractivity contribution in [3.05, 3.63) is 35.4 Å². The lowest BCUT2D eigenvalue weighted by molar-refractivity contribution is -0.129. The van der Waals surface area contributed by atoms with Gasteiger partial charge in [0.25, 0.3) is 0 Å². The average Bonchev–Trinajstić information content (AvgIpc) is 2.85. The normalized spacial score (nSPS) is 20.2. The first-order valence-corrected chi connectivity index (χ1v) is 8.41. The number of hydrogen-bond donors (Lipinski definition) is 2. The molecule has 1 fully saturated rings. The molecule has 144 valence electrons. The fourth-order valence-corrected chi connectivity index (χ4v) is 2.98. The van der Waals surface area contributed by atoms with E-state index in [-0.39, 0.29) is 24.8 Å². The number of hydrogen-bond acceptors (Lipinski definition) is 5. The first-order chi connectivity index (χ1) is 12.0. The van der Waals surface area contributed by atoms with Gasteiger partial charge in [0.15, 0.2) is 0 Å². The molecule has 2 rings (SSSR count). The first kappa shape index (κ1) is 20.3. The van der Waals surface area contributed by atoms with Crippen molar-refractivity contribution in [2.24, 2.45) is 5.73 Å². The van der Waals surface area contributed by atoms with E-state index in [0.717, 1.165) is 23.1 Å². The van der Waals surface area contributed by atoms with Crippen LogP contribution >= 0.6 is 0 Å². The van der Waals surface area contributed by atoms with E-state index in [2.05, 4.69) is 0 Å². The summed E-state index contributed by atoms with van der Waals surface area (Å²) in [5.41, 5.74) is 5.46. The van der Waals surface area contributed by atoms with E-state index in [9.17, 15) is 23.5 Å². The molecule has 1 aromatic carbocycles. The number of carbonyl (C=O) groups is 2. The molecule has 0 spiro atoms. The van der Waals surface area contributed by atoms with E-state index >= 15 is 0 Å². The highest BCUT2D eigenvalue weighted by atomic mass is 19.1. The Bertz CT molecular complexity index is 670. The van der Waals surface area contributed by atoms with Gasteiger partial charge in [-0.15, -0.1) is 0 Å². The summed E-state index contributed by atoms with van der Waals surface area (Å²) >= 11 is 0. The third-order valence-electron chi connectivity index (χ3n) is 4.07. The minimum Gasteiger partial charge on any atom is -0.443 e. The maximum Gasteiger partial charge on any atom is 0.417 e. The van der Waals surface area contributed by atoms with Crippen LogP contribution < -0.4 is 5.73 Å². The van der Waals surface area contributed by atoms with Crippen LogP contribution in [-0.4, -0.2) is 45.8 Å². The number of amides is 2. The molecule has 1 aliphatic heterocycles. The Balaban J connectivity index is 2.11. The number of carbonyl (C=O) groups excluding carboxylic acids is 2. The van der Waals surface area contributed by atoms with Crippen LogP contribution in [0.1, 0.15) is 39.2 Å². The van der Waals surface area contributed by atoms with E-state index in [1.807, 2.05) is 0 Å². The summed E-state index contributed by atoms with van der Waals surface area (Å²) in [7, 11) is 0. The maximum absolute atomic E-state index is 13.3. The first-order valence-electron chi connectivity index (χ1n) is 8.41. The number of aliphatic hydroxyl groups excluding tert-OH is 1. The van der Waals surface area contributed by atoms with Crippen LogP contribution in [0.15, 0.2) is 18.2 Å². The Hall–Kier alpha value is -2.06. The number of benzene rings is 1. The molecule has 0 aliphatic carbocycles. The van der Waals surface area contributed by atoms with E-state index in [1.165, 1.54) is 0 Å². The molecule has 8 heteroatoms. The van der Waals surface area contributed by atoms with Crippen molar-refractivity contribution in [2.45, 2.75) is 63.8 Å². The Kier molecular flexibility index (Phi) is 5.98. The number of likely N-dealkylation sites (tertiary alicyclic amines) is 1. The molecule has 3 atom stereocenters. The van der Waals surface area contributed by atoms with Crippen molar-refractivity contribution in [2.75, 3.05) is 0 Å². The van der Waals surface area contributed by atoms with E-state index in [0.29, 0.717) is 0 Å². The topological polar surface area (TPSA) is 92.9 Å². The van der Waals surface area contributed by atoms with Gasteiger partial charge >= 0.3 is 6.09 Å². The lowest BCUT2D eigenvalue weighted by Gasteiger charge is -2.32. The van der Waals surface area contributed by atoms with Gasteiger partial charge < -0.3 is 15.6 Å². The zero-order valence-electron chi connectivity index (χ0n) is 15.0. The van der Waals surface area contributed by atoms with Crippen molar-refractivity contribution < 1.29 is 28.2 Å². The highest BCUT2D eigenvalue weighted by Crippen LogP contribution is 2.26. The van der Waals surface area contributed by atoms with Gasteiger partial charge in [0, 0.05) is 18.5 Å². The molecule has 1 heterocycles. The molecule has 1 aliphatic rings. The van der Waals surface area contributed by atoms with Crippen LogP contribution in [0.2, 0.25) is 0 Å². The van der Waals surface area contributed by atoms with Gasteiger partial charge in [0.2, 0.25) is 5.91 Å². The SMILES string of the molecule is CC(C)(C)OC(=O)N1C(=O)CC[C@H]1[C@@H](O)[C@@H](N)Cc1cc(F)cc(F)c1. The molecule has 26 heavy (non-hydrogen) atoms. The summed E-state index contributed by atoms with van der Waals surface area (Å²) in [6.45, 7) is 5.00. The molecule has 0 aromatic heterocycles. The summed E-state index contributed by atoms with van der Waals surface area (Å²) in [5, 5.41) is 10.5. The number of nitrogens with zero attached hydrogens (tertiary/aromatic N) is 1. The zero-order chi connectivity index (χ0) is 19.6. The van der Waals surface area contributed by atoms with E-state index in [1.54, 1.807) is 20.8 Å². The predicted molar refractivity (Wildman–Crippen MR) is 90.1 cm³/mol. The van der Waals surface area contributed by atoms with Crippen molar-refractivity contribution in [3.63, 3.8) is 0 Å². The van der Waals surface area contributed by atoms with Crippen molar-refractivity contribution >= 4 is 12.0 Å². The summed E-state index contributed by atoms with van der Waals surface area (Å²) in [6.07, 6.45) is -1.77. The molecular weight excluding hydrogens is 346 g/mol. The van der Waals surface area contributed by atoms with Crippen LogP contribution in [0.5, 0.6) is 0 Å². The molecule has 1 aromatic rings. The van der Waals surface area contributed by atoms with Gasteiger partial charge in [-0.2, -0.15) is 0 Å². The largest absolute Gasteiger partial charge is 0.443 e. The lowest BCUT2D eigenvalue weighted by atomic mass is 9.95. The summed E-state index contributed by atoms with van der Waals surface area (Å²) in [5.74, 6) is -1.94. The highest BCUT2D eigenvalue weighted by Gasteiger charge is 2.43. The molecule has 0 unspecified atom stereocenters. The van der Waals surface area contributed by atoms with Crippen molar-refractivity contribution in [3.8, 4) is 0 Å². The molecule has 0 saturated carbocycles. The summed E-state index contributed by atoms with van der Waals surface area (Å²) in [6, 6.07) is 1.23. The zero-order valence-corrected chi connectivity index (χ0v) is 15.0. The van der Waals surface area contributed by atoms with Gasteiger partial charge in [-0.1, -0.05) is 0 Å². The molecule has 1 saturated heterocycles. The quantitative estimate of drug-likeness (QED) is 0.847. The second-order valence-corrected chi connectivity index (χ2v) is 7.49. The van der Waals surface area contributed by atoms with Gasteiger partial charge in [-0.25, -0.2) is 18.5 Å². The number of aliphatic hydroxyl groups is 1. The molecule has 0 radical (unpaired) electrons. The van der Waals surface area contributed by atoms with Crippen LogP contribution in [-0.2, 0) is 16.0 Å². The van der Waals surface area contributed by atoms with Gasteiger partial charge in [-0.05, 0) is 51.3 Å². The van der Waals surface area contributed by atoms with E-state index in [4.69, 9.17) is 10.5 Å². The monoisotopic (exact) mass is 370 g/mol. The standard InChI is InChI=1S/C18H24F2N2O4/c1-18(2,3)26-17(25)22-14(4-5-15(22)23)16(24)13(21)8-10-6-11(19)9-12(20)7-10/h6-7,9,13-14,16,24H,4-5,8,21H2,1-3H3/t13-,14-,16-/m0/s1. The molecule has 2 amide bonds. The minimum absolute atomic E-state index is 0.0112. The smallest absolute Gasteiger partial charge is 0.417 e. The lowest BCUT2D eigenvalue weighted by Crippen LogP contribution is -2.53. The molecule has 3 N–H and O–H groups in total. The highest BCUT2D eigenvalue weighted by molar-refractivity contribution is 5.94. The number of nitrogens with two attached hydrogens (primary N) is 1. The number of imide groups is 1. The van der Waals surface area contributed by atoms with Gasteiger partial charge in [0.05, 0.1) is 12.1 Å². The average molecular weight is 370 g/mol. The van der Waals surface area contributed by atoms with Crippen LogP contribution in [0, 0.1) is 11.6 Å². The number of rotatable bonds is 4. The van der Waals surface area contributed by atoms with Crippen molar-refractivity contribution in [1.29, 1.82) is 0 Å². The maximum atomic E-state index is 13.3. The molecule has 6 nitrogen and oxygen atoms in total. The molecule has 0 bridgehead atoms. The minimum atomic E-state index is -1.25. The fourth-order valence-electron chi connectivity index (χ4n) is 2.98. The van der Waals surface area contributed by atoms with Crippen molar-refractivity contribution in [1.82, 2.24) is 4.90 Å². The predicted octanol–water partition coefficient (Wildman–Crippen LogP) is 2.12.